The number of rotatable bonds is 1. The van der Waals surface area contributed by atoms with Gasteiger partial charge in [0, 0.05) is 32.9 Å². The second-order valence-corrected chi connectivity index (χ2v) is 5.63. The Balaban J connectivity index is 2.06. The molecule has 2 aromatic rings. The highest BCUT2D eigenvalue weighted by Gasteiger charge is 2.29. The summed E-state index contributed by atoms with van der Waals surface area (Å²) in [5.74, 6) is 0.0124. The predicted molar refractivity (Wildman–Crippen MR) is 83.8 cm³/mol. The van der Waals surface area contributed by atoms with Crippen molar-refractivity contribution in [3.05, 3.63) is 42.2 Å². The zero-order valence-electron chi connectivity index (χ0n) is 12.7. The van der Waals surface area contributed by atoms with Crippen LogP contribution in [-0.4, -0.2) is 35.3 Å². The van der Waals surface area contributed by atoms with E-state index in [-0.39, 0.29) is 11.9 Å². The molecule has 0 bridgehead atoms. The maximum atomic E-state index is 12.9. The van der Waals surface area contributed by atoms with Crippen molar-refractivity contribution in [2.45, 2.75) is 19.4 Å². The molecule has 110 valence electrons. The van der Waals surface area contributed by atoms with Gasteiger partial charge in [-0.05, 0) is 25.5 Å². The number of carbonyl (C=O) groups is 1. The van der Waals surface area contributed by atoms with Crippen LogP contribution in [0, 0.1) is 0 Å². The summed E-state index contributed by atoms with van der Waals surface area (Å²) in [6, 6.07) is 8.23. The number of nitrogens with zero attached hydrogens (tertiary/aromatic N) is 4. The third-order valence-corrected chi connectivity index (χ3v) is 4.05. The van der Waals surface area contributed by atoms with Gasteiger partial charge in [-0.25, -0.2) is 0 Å². The molecule has 0 saturated heterocycles. The van der Waals surface area contributed by atoms with Crippen LogP contribution in [0.4, 0.5) is 11.4 Å². The normalized spacial score (nSPS) is 18.3. The number of amides is 1. The molecule has 1 amide bonds. The lowest BCUT2D eigenvalue weighted by molar-refractivity contribution is 0.0978. The van der Waals surface area contributed by atoms with Crippen molar-refractivity contribution in [2.75, 3.05) is 23.4 Å². The highest BCUT2D eigenvalue weighted by Crippen LogP contribution is 2.34. The number of aromatic nitrogens is 2. The topological polar surface area (TPSA) is 41.4 Å². The maximum absolute atomic E-state index is 12.9. The molecule has 0 radical (unpaired) electrons. The highest BCUT2D eigenvalue weighted by molar-refractivity contribution is 6.08. The van der Waals surface area contributed by atoms with Gasteiger partial charge in [-0.1, -0.05) is 12.1 Å². The molecule has 3 rings (SSSR count). The SMILES string of the molecule is CC1CCN(C)c2ccccc2N1C(=O)c1cnn(C)c1. The lowest BCUT2D eigenvalue weighted by atomic mass is 10.1. The largest absolute Gasteiger partial charge is 0.373 e. The monoisotopic (exact) mass is 284 g/mol. The van der Waals surface area contributed by atoms with E-state index in [2.05, 4.69) is 30.0 Å². The average Bonchev–Trinajstić information content (AvgIpc) is 2.87. The number of benzene rings is 1. The second-order valence-electron chi connectivity index (χ2n) is 5.63. The van der Waals surface area contributed by atoms with Crippen molar-refractivity contribution in [1.29, 1.82) is 0 Å². The van der Waals surface area contributed by atoms with E-state index in [4.69, 9.17) is 0 Å². The molecule has 0 fully saturated rings. The van der Waals surface area contributed by atoms with Gasteiger partial charge in [-0.2, -0.15) is 5.10 Å². The van der Waals surface area contributed by atoms with E-state index in [1.54, 1.807) is 17.1 Å². The van der Waals surface area contributed by atoms with Gasteiger partial charge >= 0.3 is 0 Å². The van der Waals surface area contributed by atoms with Gasteiger partial charge in [-0.15, -0.1) is 0 Å². The zero-order valence-corrected chi connectivity index (χ0v) is 12.7. The van der Waals surface area contributed by atoms with Crippen LogP contribution in [0.5, 0.6) is 0 Å². The Morgan fingerprint density at radius 1 is 1.24 bits per heavy atom. The number of hydrogen-bond acceptors (Lipinski definition) is 3. The number of carbonyl (C=O) groups excluding carboxylic acids is 1. The summed E-state index contributed by atoms with van der Waals surface area (Å²) in [6.07, 6.45) is 4.34. The Bertz CT molecular complexity index is 664. The third kappa shape index (κ3) is 2.39. The standard InChI is InChI=1S/C16H20N4O/c1-12-8-9-18(2)14-6-4-5-7-15(14)20(12)16(21)13-10-17-19(3)11-13/h4-7,10-12H,8-9H2,1-3H3. The molecule has 0 spiro atoms. The lowest BCUT2D eigenvalue weighted by Gasteiger charge is -2.28. The molecule has 0 N–H and O–H groups in total. The van der Waals surface area contributed by atoms with Crippen molar-refractivity contribution in [3.63, 3.8) is 0 Å². The molecule has 1 aromatic carbocycles. The average molecular weight is 284 g/mol. The minimum atomic E-state index is 0.0124. The van der Waals surface area contributed by atoms with Gasteiger partial charge in [0.25, 0.3) is 5.91 Å². The third-order valence-electron chi connectivity index (χ3n) is 4.05. The Morgan fingerprint density at radius 3 is 2.62 bits per heavy atom. The lowest BCUT2D eigenvalue weighted by Crippen LogP contribution is -2.38. The fourth-order valence-electron chi connectivity index (χ4n) is 2.84. The second kappa shape index (κ2) is 5.24. The smallest absolute Gasteiger partial charge is 0.261 e. The van der Waals surface area contributed by atoms with Gasteiger partial charge in [0.1, 0.15) is 0 Å². The summed E-state index contributed by atoms with van der Waals surface area (Å²) in [5, 5.41) is 4.11. The van der Waals surface area contributed by atoms with Crippen molar-refractivity contribution in [1.82, 2.24) is 9.78 Å². The van der Waals surface area contributed by atoms with Gasteiger partial charge < -0.3 is 9.80 Å². The molecule has 1 aromatic heterocycles. The first kappa shape index (κ1) is 13.7. The number of fused-ring (bicyclic) bond motifs is 1. The van der Waals surface area contributed by atoms with Crippen LogP contribution in [0.15, 0.2) is 36.7 Å². The van der Waals surface area contributed by atoms with Crippen LogP contribution in [0.3, 0.4) is 0 Å². The van der Waals surface area contributed by atoms with Gasteiger partial charge in [-0.3, -0.25) is 9.48 Å². The Kier molecular flexibility index (Phi) is 3.41. The zero-order chi connectivity index (χ0) is 15.0. The van der Waals surface area contributed by atoms with Crippen LogP contribution in [-0.2, 0) is 7.05 Å². The Labute approximate surface area is 124 Å². The molecule has 0 aliphatic carbocycles. The summed E-state index contributed by atoms with van der Waals surface area (Å²) in [7, 11) is 3.90. The van der Waals surface area contributed by atoms with Crippen LogP contribution in [0.1, 0.15) is 23.7 Å². The Morgan fingerprint density at radius 2 is 1.95 bits per heavy atom. The van der Waals surface area contributed by atoms with E-state index in [1.165, 1.54) is 0 Å². The quantitative estimate of drug-likeness (QED) is 0.807. The number of anilines is 2. The molecular formula is C16H20N4O. The first-order chi connectivity index (χ1) is 10.1. The first-order valence-corrected chi connectivity index (χ1v) is 7.20. The van der Waals surface area contributed by atoms with E-state index in [9.17, 15) is 4.79 Å². The summed E-state index contributed by atoms with van der Waals surface area (Å²) in [4.78, 5) is 17.0. The molecule has 0 saturated carbocycles. The van der Waals surface area contributed by atoms with E-state index in [1.807, 2.05) is 30.1 Å². The molecule has 2 heterocycles. The van der Waals surface area contributed by atoms with Gasteiger partial charge in [0.2, 0.25) is 0 Å². The number of para-hydroxylation sites is 2. The van der Waals surface area contributed by atoms with Crippen molar-refractivity contribution >= 4 is 17.3 Å². The summed E-state index contributed by atoms with van der Waals surface area (Å²) >= 11 is 0. The minimum Gasteiger partial charge on any atom is -0.373 e. The summed E-state index contributed by atoms with van der Waals surface area (Å²) in [6.45, 7) is 3.04. The molecule has 5 heteroatoms. The highest BCUT2D eigenvalue weighted by atomic mass is 16.2. The van der Waals surface area contributed by atoms with E-state index >= 15 is 0 Å². The van der Waals surface area contributed by atoms with Gasteiger partial charge in [0.15, 0.2) is 0 Å². The minimum absolute atomic E-state index is 0.0124. The predicted octanol–water partition coefficient (Wildman–Crippen LogP) is 2.30. The van der Waals surface area contributed by atoms with E-state index < -0.39 is 0 Å². The molecule has 1 unspecified atom stereocenters. The van der Waals surface area contributed by atoms with Crippen molar-refractivity contribution < 1.29 is 4.79 Å². The molecule has 1 aliphatic rings. The summed E-state index contributed by atoms with van der Waals surface area (Å²) < 4.78 is 1.66. The van der Waals surface area contributed by atoms with Crippen LogP contribution < -0.4 is 9.80 Å². The number of aryl methyl sites for hydroxylation is 1. The van der Waals surface area contributed by atoms with E-state index in [0.717, 1.165) is 24.3 Å². The fraction of sp³-hybridized carbons (Fsp3) is 0.375. The van der Waals surface area contributed by atoms with Crippen LogP contribution >= 0.6 is 0 Å². The molecule has 21 heavy (non-hydrogen) atoms. The number of hydrogen-bond donors (Lipinski definition) is 0. The van der Waals surface area contributed by atoms with Gasteiger partial charge in [0.05, 0.1) is 23.1 Å². The van der Waals surface area contributed by atoms with E-state index in [0.29, 0.717) is 5.56 Å². The maximum Gasteiger partial charge on any atom is 0.261 e. The molecule has 1 atom stereocenters. The molecular weight excluding hydrogens is 264 g/mol. The molecule has 1 aliphatic heterocycles. The van der Waals surface area contributed by atoms with Crippen LogP contribution in [0.2, 0.25) is 0 Å². The summed E-state index contributed by atoms with van der Waals surface area (Å²) in [5.41, 5.74) is 2.70. The van der Waals surface area contributed by atoms with Crippen molar-refractivity contribution in [3.8, 4) is 0 Å². The molecule has 5 nitrogen and oxygen atoms in total. The van der Waals surface area contributed by atoms with Crippen molar-refractivity contribution in [2.24, 2.45) is 7.05 Å². The first-order valence-electron chi connectivity index (χ1n) is 7.20. The van der Waals surface area contributed by atoms with Crippen LogP contribution in [0.25, 0.3) is 0 Å². The fourth-order valence-corrected chi connectivity index (χ4v) is 2.84. The Hall–Kier alpha value is -2.30.